The van der Waals surface area contributed by atoms with Crippen molar-refractivity contribution in [3.8, 4) is 0 Å². The van der Waals surface area contributed by atoms with Gasteiger partial charge in [-0.25, -0.2) is 0 Å². The van der Waals surface area contributed by atoms with Gasteiger partial charge in [-0.05, 0) is 36.6 Å². The summed E-state index contributed by atoms with van der Waals surface area (Å²) in [5.41, 5.74) is 3.88. The van der Waals surface area contributed by atoms with Crippen LogP contribution in [0.3, 0.4) is 0 Å². The summed E-state index contributed by atoms with van der Waals surface area (Å²) in [5, 5.41) is 3.39. The van der Waals surface area contributed by atoms with Gasteiger partial charge in [0.05, 0.1) is 0 Å². The quantitative estimate of drug-likeness (QED) is 0.702. The van der Waals surface area contributed by atoms with Crippen LogP contribution in [0.2, 0.25) is 0 Å². The van der Waals surface area contributed by atoms with Crippen molar-refractivity contribution in [3.05, 3.63) is 41.5 Å². The van der Waals surface area contributed by atoms with Crippen LogP contribution >= 0.6 is 0 Å². The average molecular weight is 189 g/mol. The third-order valence-electron chi connectivity index (χ3n) is 2.31. The molecule has 0 radical (unpaired) electrons. The molecule has 0 saturated carbocycles. The Kier molecular flexibility index (Phi) is 4.41. The standard InChI is InChI=1S/C13H19N/c1-4-8-14-10-12-6-7-13(5-2)11(3)9-12/h5-7,9,14H,2,4,8,10H2,1,3H3. The number of aryl methyl sites for hydroxylation is 1. The van der Waals surface area contributed by atoms with Gasteiger partial charge in [0.2, 0.25) is 0 Å². The molecule has 1 aromatic rings. The van der Waals surface area contributed by atoms with Crippen molar-refractivity contribution in [2.45, 2.75) is 26.8 Å². The summed E-state index contributed by atoms with van der Waals surface area (Å²) in [6, 6.07) is 6.51. The monoisotopic (exact) mass is 189 g/mol. The third-order valence-corrected chi connectivity index (χ3v) is 2.31. The highest BCUT2D eigenvalue weighted by molar-refractivity contribution is 5.52. The Bertz CT molecular complexity index is 302. The van der Waals surface area contributed by atoms with E-state index in [0.717, 1.165) is 13.1 Å². The SMILES string of the molecule is C=Cc1ccc(CNCCC)cc1C. The van der Waals surface area contributed by atoms with E-state index in [2.05, 4.69) is 43.9 Å². The van der Waals surface area contributed by atoms with E-state index in [1.165, 1.54) is 23.1 Å². The van der Waals surface area contributed by atoms with Gasteiger partial charge in [-0.1, -0.05) is 37.8 Å². The van der Waals surface area contributed by atoms with E-state index in [-0.39, 0.29) is 0 Å². The van der Waals surface area contributed by atoms with Crippen molar-refractivity contribution in [1.82, 2.24) is 5.32 Å². The van der Waals surface area contributed by atoms with Crippen LogP contribution < -0.4 is 5.32 Å². The molecule has 0 amide bonds. The van der Waals surface area contributed by atoms with Gasteiger partial charge >= 0.3 is 0 Å². The van der Waals surface area contributed by atoms with Gasteiger partial charge in [0, 0.05) is 6.54 Å². The molecule has 1 heteroatoms. The molecule has 14 heavy (non-hydrogen) atoms. The van der Waals surface area contributed by atoms with Gasteiger partial charge < -0.3 is 5.32 Å². The maximum absolute atomic E-state index is 3.78. The molecule has 76 valence electrons. The molecule has 0 saturated heterocycles. The van der Waals surface area contributed by atoms with Crippen molar-refractivity contribution >= 4 is 6.08 Å². The summed E-state index contributed by atoms with van der Waals surface area (Å²) in [6.45, 7) is 10.1. The molecule has 0 aliphatic carbocycles. The van der Waals surface area contributed by atoms with Gasteiger partial charge in [0.15, 0.2) is 0 Å². The first-order valence-corrected chi connectivity index (χ1v) is 5.20. The molecule has 1 aromatic carbocycles. The molecular formula is C13H19N. The number of rotatable bonds is 5. The minimum atomic E-state index is 0.964. The van der Waals surface area contributed by atoms with Crippen LogP contribution in [0.25, 0.3) is 6.08 Å². The van der Waals surface area contributed by atoms with Crippen LogP contribution in [0, 0.1) is 6.92 Å². The maximum atomic E-state index is 3.78. The van der Waals surface area contributed by atoms with E-state index in [4.69, 9.17) is 0 Å². The fourth-order valence-corrected chi connectivity index (χ4v) is 1.49. The molecule has 0 aliphatic heterocycles. The number of benzene rings is 1. The Morgan fingerprint density at radius 1 is 1.43 bits per heavy atom. The zero-order chi connectivity index (χ0) is 10.4. The summed E-state index contributed by atoms with van der Waals surface area (Å²) in [4.78, 5) is 0. The lowest BCUT2D eigenvalue weighted by atomic mass is 10.1. The molecule has 0 aliphatic rings. The predicted molar refractivity (Wildman–Crippen MR) is 63.3 cm³/mol. The van der Waals surface area contributed by atoms with Crippen LogP contribution in [-0.4, -0.2) is 6.54 Å². The molecule has 0 fully saturated rings. The summed E-state index contributed by atoms with van der Waals surface area (Å²) in [5.74, 6) is 0. The van der Waals surface area contributed by atoms with Crippen LogP contribution in [0.15, 0.2) is 24.8 Å². The van der Waals surface area contributed by atoms with E-state index < -0.39 is 0 Å². The molecule has 0 unspecified atom stereocenters. The first kappa shape index (κ1) is 11.0. The highest BCUT2D eigenvalue weighted by atomic mass is 14.8. The summed E-state index contributed by atoms with van der Waals surface area (Å²) in [7, 11) is 0. The average Bonchev–Trinajstić information content (AvgIpc) is 2.18. The number of hydrogen-bond donors (Lipinski definition) is 1. The summed E-state index contributed by atoms with van der Waals surface area (Å²) >= 11 is 0. The predicted octanol–water partition coefficient (Wildman–Crippen LogP) is 3.14. The van der Waals surface area contributed by atoms with Gasteiger partial charge in [-0.2, -0.15) is 0 Å². The Hall–Kier alpha value is -1.08. The van der Waals surface area contributed by atoms with Crippen LogP contribution in [0.4, 0.5) is 0 Å². The largest absolute Gasteiger partial charge is 0.313 e. The molecular weight excluding hydrogens is 170 g/mol. The lowest BCUT2D eigenvalue weighted by molar-refractivity contribution is 0.675. The Balaban J connectivity index is 2.62. The van der Waals surface area contributed by atoms with Gasteiger partial charge in [0.1, 0.15) is 0 Å². The highest BCUT2D eigenvalue weighted by Crippen LogP contribution is 2.11. The molecule has 1 N–H and O–H groups in total. The topological polar surface area (TPSA) is 12.0 Å². The molecule has 0 heterocycles. The van der Waals surface area contributed by atoms with Crippen molar-refractivity contribution in [1.29, 1.82) is 0 Å². The Morgan fingerprint density at radius 2 is 2.21 bits per heavy atom. The molecule has 0 aromatic heterocycles. The van der Waals surface area contributed by atoms with E-state index in [9.17, 15) is 0 Å². The maximum Gasteiger partial charge on any atom is 0.0205 e. The first-order chi connectivity index (χ1) is 6.77. The van der Waals surface area contributed by atoms with Crippen molar-refractivity contribution < 1.29 is 0 Å². The van der Waals surface area contributed by atoms with E-state index in [1.807, 2.05) is 6.08 Å². The second kappa shape index (κ2) is 5.61. The fourth-order valence-electron chi connectivity index (χ4n) is 1.49. The Labute approximate surface area is 86.8 Å². The van der Waals surface area contributed by atoms with Gasteiger partial charge in [-0.3, -0.25) is 0 Å². The summed E-state index contributed by atoms with van der Waals surface area (Å²) < 4.78 is 0. The number of nitrogens with one attached hydrogen (secondary N) is 1. The van der Waals surface area contributed by atoms with Crippen LogP contribution in [0.1, 0.15) is 30.0 Å². The molecule has 1 rings (SSSR count). The van der Waals surface area contributed by atoms with Crippen LogP contribution in [-0.2, 0) is 6.54 Å². The minimum Gasteiger partial charge on any atom is -0.313 e. The van der Waals surface area contributed by atoms with Gasteiger partial charge in [0.25, 0.3) is 0 Å². The summed E-state index contributed by atoms with van der Waals surface area (Å²) in [6.07, 6.45) is 3.09. The van der Waals surface area contributed by atoms with Crippen molar-refractivity contribution in [2.24, 2.45) is 0 Å². The lowest BCUT2D eigenvalue weighted by Crippen LogP contribution is -2.13. The highest BCUT2D eigenvalue weighted by Gasteiger charge is 1.96. The second-order valence-corrected chi connectivity index (χ2v) is 3.57. The van der Waals surface area contributed by atoms with Crippen molar-refractivity contribution in [2.75, 3.05) is 6.54 Å². The zero-order valence-corrected chi connectivity index (χ0v) is 9.14. The third kappa shape index (κ3) is 3.00. The minimum absolute atomic E-state index is 0.964. The number of hydrogen-bond acceptors (Lipinski definition) is 1. The van der Waals surface area contributed by atoms with Gasteiger partial charge in [-0.15, -0.1) is 0 Å². The normalized spacial score (nSPS) is 10.1. The Morgan fingerprint density at radius 3 is 2.79 bits per heavy atom. The smallest absolute Gasteiger partial charge is 0.0205 e. The fraction of sp³-hybridized carbons (Fsp3) is 0.385. The zero-order valence-electron chi connectivity index (χ0n) is 9.14. The lowest BCUT2D eigenvalue weighted by Gasteiger charge is -2.06. The van der Waals surface area contributed by atoms with Crippen molar-refractivity contribution in [3.63, 3.8) is 0 Å². The molecule has 0 spiro atoms. The second-order valence-electron chi connectivity index (χ2n) is 3.57. The molecule has 1 nitrogen and oxygen atoms in total. The molecule has 0 bridgehead atoms. The molecule has 0 atom stereocenters. The van der Waals surface area contributed by atoms with Crippen LogP contribution in [0.5, 0.6) is 0 Å². The first-order valence-electron chi connectivity index (χ1n) is 5.20. The van der Waals surface area contributed by atoms with E-state index in [1.54, 1.807) is 0 Å². The van der Waals surface area contributed by atoms with E-state index in [0.29, 0.717) is 0 Å². The van der Waals surface area contributed by atoms with E-state index >= 15 is 0 Å².